The molecule has 0 aromatic heterocycles. The van der Waals surface area contributed by atoms with Crippen LogP contribution in [0.4, 0.5) is 4.39 Å². The molecule has 126 valence electrons. The highest BCUT2D eigenvalue weighted by Crippen LogP contribution is 2.25. The first-order valence-electron chi connectivity index (χ1n) is 7.32. The van der Waals surface area contributed by atoms with Crippen molar-refractivity contribution in [2.24, 2.45) is 0 Å². The second kappa shape index (κ2) is 8.31. The summed E-state index contributed by atoms with van der Waals surface area (Å²) in [6, 6.07) is 11.8. The van der Waals surface area contributed by atoms with Gasteiger partial charge in [0, 0.05) is 6.54 Å². The van der Waals surface area contributed by atoms with E-state index in [1.807, 2.05) is 0 Å². The van der Waals surface area contributed by atoms with Crippen molar-refractivity contribution in [2.75, 3.05) is 0 Å². The average molecular weight is 338 g/mol. The molecule has 0 saturated heterocycles. The molecule has 0 fully saturated rings. The summed E-state index contributed by atoms with van der Waals surface area (Å²) in [7, 11) is 0. The number of phenols is 2. The molecule has 2 aromatic carbocycles. The number of hydrogen-bond acceptors (Lipinski definition) is 4. The third-order valence-corrected chi connectivity index (χ3v) is 3.26. The van der Waals surface area contributed by atoms with Gasteiger partial charge in [-0.1, -0.05) is 30.4 Å². The number of nitrogens with one attached hydrogen (secondary N) is 1. The summed E-state index contributed by atoms with van der Waals surface area (Å²) in [5, 5.41) is 30.2. The quantitative estimate of drug-likeness (QED) is 0.338. The van der Waals surface area contributed by atoms with E-state index in [-0.39, 0.29) is 23.6 Å². The van der Waals surface area contributed by atoms with Crippen LogP contribution in [0.2, 0.25) is 0 Å². The van der Waals surface area contributed by atoms with Crippen molar-refractivity contribution < 1.29 is 19.4 Å². The Labute approximate surface area is 144 Å². The zero-order valence-electron chi connectivity index (χ0n) is 13.1. The minimum absolute atomic E-state index is 0.102. The number of phenolic OH excluding ortho intramolecular Hbond substituents is 2. The molecule has 0 bridgehead atoms. The second-order valence-electron chi connectivity index (χ2n) is 5.11. The van der Waals surface area contributed by atoms with Crippen LogP contribution in [0.15, 0.2) is 60.2 Å². The van der Waals surface area contributed by atoms with Gasteiger partial charge in [-0.15, -0.1) is 0 Å². The highest BCUT2D eigenvalue weighted by molar-refractivity contribution is 5.97. The first-order chi connectivity index (χ1) is 12.0. The molecule has 25 heavy (non-hydrogen) atoms. The van der Waals surface area contributed by atoms with Gasteiger partial charge >= 0.3 is 0 Å². The number of nitriles is 1. The summed E-state index contributed by atoms with van der Waals surface area (Å²) >= 11 is 0. The van der Waals surface area contributed by atoms with Crippen molar-refractivity contribution in [2.45, 2.75) is 6.54 Å². The lowest BCUT2D eigenvalue weighted by molar-refractivity contribution is -0.117. The normalized spacial score (nSPS) is 11.3. The largest absolute Gasteiger partial charge is 0.504 e. The molecule has 3 N–H and O–H groups in total. The van der Waals surface area contributed by atoms with E-state index in [1.165, 1.54) is 42.5 Å². The Bertz CT molecular complexity index is 882. The first-order valence-corrected chi connectivity index (χ1v) is 7.32. The molecular formula is C19H15FN2O3. The van der Waals surface area contributed by atoms with Crippen LogP contribution in [0.3, 0.4) is 0 Å². The van der Waals surface area contributed by atoms with Crippen LogP contribution in [-0.2, 0) is 11.3 Å². The molecule has 0 aliphatic carbocycles. The highest BCUT2D eigenvalue weighted by Gasteiger charge is 2.07. The maximum absolute atomic E-state index is 13.1. The fraction of sp³-hybridized carbons (Fsp3) is 0.0526. The van der Waals surface area contributed by atoms with Crippen LogP contribution in [0.5, 0.6) is 11.5 Å². The Balaban J connectivity index is 2.01. The van der Waals surface area contributed by atoms with Gasteiger partial charge in [0.25, 0.3) is 5.91 Å². The van der Waals surface area contributed by atoms with E-state index in [0.717, 1.165) is 0 Å². The topological polar surface area (TPSA) is 93.3 Å². The van der Waals surface area contributed by atoms with Gasteiger partial charge in [0.15, 0.2) is 11.5 Å². The molecule has 0 heterocycles. The van der Waals surface area contributed by atoms with Gasteiger partial charge in [-0.05, 0) is 41.5 Å². The third-order valence-electron chi connectivity index (χ3n) is 3.26. The van der Waals surface area contributed by atoms with Gasteiger partial charge in [-0.2, -0.15) is 5.26 Å². The number of carbonyl (C=O) groups is 1. The van der Waals surface area contributed by atoms with E-state index >= 15 is 0 Å². The summed E-state index contributed by atoms with van der Waals surface area (Å²) in [6.07, 6.45) is 4.37. The summed E-state index contributed by atoms with van der Waals surface area (Å²) < 4.78 is 13.1. The van der Waals surface area contributed by atoms with Crippen LogP contribution in [0, 0.1) is 17.1 Å². The highest BCUT2D eigenvalue weighted by atomic mass is 19.1. The summed E-state index contributed by atoms with van der Waals surface area (Å²) in [5.41, 5.74) is 1.06. The number of nitrogens with zero attached hydrogens (tertiary/aromatic N) is 1. The molecule has 2 aromatic rings. The maximum Gasteiger partial charge on any atom is 0.262 e. The molecule has 0 spiro atoms. The second-order valence-corrected chi connectivity index (χ2v) is 5.11. The molecule has 0 radical (unpaired) electrons. The number of hydrogen-bond donors (Lipinski definition) is 3. The molecule has 0 aliphatic rings. The molecule has 0 atom stereocenters. The summed E-state index contributed by atoms with van der Waals surface area (Å²) in [6.45, 7) is 0.102. The number of amides is 1. The van der Waals surface area contributed by atoms with E-state index in [1.54, 1.807) is 24.3 Å². The Kier molecular flexibility index (Phi) is 5.91. The average Bonchev–Trinajstić information content (AvgIpc) is 2.60. The van der Waals surface area contributed by atoms with Crippen LogP contribution in [0.25, 0.3) is 6.08 Å². The zero-order valence-corrected chi connectivity index (χ0v) is 13.1. The molecular weight excluding hydrogens is 323 g/mol. The van der Waals surface area contributed by atoms with Gasteiger partial charge < -0.3 is 15.5 Å². The summed E-state index contributed by atoms with van der Waals surface area (Å²) in [4.78, 5) is 12.0. The number of benzene rings is 2. The number of carbonyl (C=O) groups excluding carboxylic acids is 1. The van der Waals surface area contributed by atoms with Gasteiger partial charge in [0.05, 0.1) is 0 Å². The standard InChI is InChI=1S/C19H15FN2O3/c20-16-6-2-4-14(9-16)12-22-19(25)15(11-21)5-1-3-13-7-8-17(23)18(24)10-13/h1-10,23-24H,12H2,(H,22,25). The maximum atomic E-state index is 13.1. The first kappa shape index (κ1) is 17.8. The van der Waals surface area contributed by atoms with Gasteiger partial charge in [-0.25, -0.2) is 4.39 Å². The van der Waals surface area contributed by atoms with Crippen molar-refractivity contribution >= 4 is 12.0 Å². The van der Waals surface area contributed by atoms with Crippen molar-refractivity contribution in [3.63, 3.8) is 0 Å². The van der Waals surface area contributed by atoms with Gasteiger partial charge in [0.1, 0.15) is 17.5 Å². The number of allylic oxidation sites excluding steroid dienone is 2. The molecule has 6 heteroatoms. The van der Waals surface area contributed by atoms with Crippen molar-refractivity contribution in [1.82, 2.24) is 5.32 Å². The van der Waals surface area contributed by atoms with Gasteiger partial charge in [0.2, 0.25) is 0 Å². The minimum Gasteiger partial charge on any atom is -0.504 e. The third kappa shape index (κ3) is 5.22. The monoisotopic (exact) mass is 338 g/mol. The van der Waals surface area contributed by atoms with Crippen LogP contribution in [-0.4, -0.2) is 16.1 Å². The minimum atomic E-state index is -0.579. The smallest absolute Gasteiger partial charge is 0.262 e. The fourth-order valence-corrected chi connectivity index (χ4v) is 1.99. The van der Waals surface area contributed by atoms with E-state index in [4.69, 9.17) is 5.26 Å². The molecule has 1 amide bonds. The van der Waals surface area contributed by atoms with Gasteiger partial charge in [-0.3, -0.25) is 4.79 Å². The number of rotatable bonds is 5. The van der Waals surface area contributed by atoms with Crippen LogP contribution >= 0.6 is 0 Å². The Morgan fingerprint density at radius 2 is 2.00 bits per heavy atom. The van der Waals surface area contributed by atoms with Crippen molar-refractivity contribution in [3.05, 3.63) is 77.1 Å². The molecule has 2 rings (SSSR count). The van der Waals surface area contributed by atoms with Crippen molar-refractivity contribution in [1.29, 1.82) is 5.26 Å². The Morgan fingerprint density at radius 1 is 1.20 bits per heavy atom. The molecule has 0 unspecified atom stereocenters. The predicted molar refractivity (Wildman–Crippen MR) is 90.7 cm³/mol. The number of halogens is 1. The molecule has 5 nitrogen and oxygen atoms in total. The lowest BCUT2D eigenvalue weighted by atomic mass is 10.1. The predicted octanol–water partition coefficient (Wildman–Crippen LogP) is 3.02. The van der Waals surface area contributed by atoms with E-state index < -0.39 is 11.7 Å². The van der Waals surface area contributed by atoms with Crippen LogP contribution < -0.4 is 5.32 Å². The van der Waals surface area contributed by atoms with Crippen LogP contribution in [0.1, 0.15) is 11.1 Å². The SMILES string of the molecule is N#CC(=CC=Cc1ccc(O)c(O)c1)C(=O)NCc1cccc(F)c1. The lowest BCUT2D eigenvalue weighted by Crippen LogP contribution is -2.24. The molecule has 0 aliphatic heterocycles. The summed E-state index contributed by atoms with van der Waals surface area (Å²) in [5.74, 6) is -1.48. The van der Waals surface area contributed by atoms with Crippen molar-refractivity contribution in [3.8, 4) is 17.6 Å². The molecule has 0 saturated carbocycles. The van der Waals surface area contributed by atoms with E-state index in [9.17, 15) is 19.4 Å². The Morgan fingerprint density at radius 3 is 2.68 bits per heavy atom. The fourth-order valence-electron chi connectivity index (χ4n) is 1.99. The van der Waals surface area contributed by atoms with E-state index in [0.29, 0.717) is 11.1 Å². The Hall–Kier alpha value is -3.59. The zero-order chi connectivity index (χ0) is 18.2. The van der Waals surface area contributed by atoms with E-state index in [2.05, 4.69) is 5.32 Å². The lowest BCUT2D eigenvalue weighted by Gasteiger charge is -2.04. The number of aromatic hydroxyl groups is 2.